The van der Waals surface area contributed by atoms with Crippen LogP contribution in [-0.4, -0.2) is 16.7 Å². The SMILES string of the molecule is CC1=C(N)C(=O)N(c2ccc([N+](=O)[O-])cc2)C1=O. The number of amides is 2. The normalized spacial score (nSPS) is 15.5. The van der Waals surface area contributed by atoms with Crippen LogP contribution in [0.15, 0.2) is 35.5 Å². The van der Waals surface area contributed by atoms with Crippen molar-refractivity contribution in [2.75, 3.05) is 4.90 Å². The average Bonchev–Trinajstić information content (AvgIpc) is 2.54. The molecule has 2 amide bonds. The lowest BCUT2D eigenvalue weighted by molar-refractivity contribution is -0.384. The fourth-order valence-corrected chi connectivity index (χ4v) is 1.61. The smallest absolute Gasteiger partial charge is 0.281 e. The summed E-state index contributed by atoms with van der Waals surface area (Å²) in [7, 11) is 0. The number of nitrogens with zero attached hydrogens (tertiary/aromatic N) is 2. The fraction of sp³-hybridized carbons (Fsp3) is 0.0909. The zero-order chi connectivity index (χ0) is 13.4. The summed E-state index contributed by atoms with van der Waals surface area (Å²) in [5.41, 5.74) is 5.70. The first-order chi connectivity index (χ1) is 8.43. The predicted molar refractivity (Wildman–Crippen MR) is 62.5 cm³/mol. The topological polar surface area (TPSA) is 107 Å². The summed E-state index contributed by atoms with van der Waals surface area (Å²) in [6, 6.07) is 5.11. The highest BCUT2D eigenvalue weighted by molar-refractivity contribution is 6.32. The number of hydrogen-bond donors (Lipinski definition) is 1. The van der Waals surface area contributed by atoms with Gasteiger partial charge >= 0.3 is 0 Å². The number of nitro benzene ring substituents is 1. The highest BCUT2D eigenvalue weighted by atomic mass is 16.6. The number of rotatable bonds is 2. The molecule has 2 N–H and O–H groups in total. The van der Waals surface area contributed by atoms with Crippen molar-refractivity contribution in [2.45, 2.75) is 6.92 Å². The van der Waals surface area contributed by atoms with Gasteiger partial charge in [0.05, 0.1) is 10.6 Å². The van der Waals surface area contributed by atoms with Crippen molar-refractivity contribution in [1.29, 1.82) is 0 Å². The molecule has 0 atom stereocenters. The largest absolute Gasteiger partial charge is 0.394 e. The molecule has 0 radical (unpaired) electrons. The maximum Gasteiger partial charge on any atom is 0.281 e. The van der Waals surface area contributed by atoms with E-state index >= 15 is 0 Å². The molecule has 0 spiro atoms. The van der Waals surface area contributed by atoms with E-state index in [4.69, 9.17) is 5.73 Å². The minimum Gasteiger partial charge on any atom is -0.394 e. The monoisotopic (exact) mass is 247 g/mol. The summed E-state index contributed by atoms with van der Waals surface area (Å²) in [4.78, 5) is 34.3. The number of imide groups is 1. The molecular formula is C11H9N3O4. The van der Waals surface area contributed by atoms with Crippen LogP contribution in [0.2, 0.25) is 0 Å². The third kappa shape index (κ3) is 1.61. The molecule has 0 saturated carbocycles. The van der Waals surface area contributed by atoms with Gasteiger partial charge in [-0.25, -0.2) is 4.90 Å². The van der Waals surface area contributed by atoms with Crippen LogP contribution >= 0.6 is 0 Å². The van der Waals surface area contributed by atoms with Gasteiger partial charge < -0.3 is 5.73 Å². The first-order valence-electron chi connectivity index (χ1n) is 5.03. The van der Waals surface area contributed by atoms with Crippen LogP contribution in [0.25, 0.3) is 0 Å². The molecule has 0 fully saturated rings. The molecule has 7 nitrogen and oxygen atoms in total. The van der Waals surface area contributed by atoms with Crippen LogP contribution < -0.4 is 10.6 Å². The van der Waals surface area contributed by atoms with Gasteiger partial charge in [0.2, 0.25) is 0 Å². The molecule has 1 aliphatic rings. The summed E-state index contributed by atoms with van der Waals surface area (Å²) in [6.07, 6.45) is 0. The molecule has 18 heavy (non-hydrogen) atoms. The average molecular weight is 247 g/mol. The zero-order valence-corrected chi connectivity index (χ0v) is 9.41. The molecule has 1 aromatic carbocycles. The van der Waals surface area contributed by atoms with Crippen LogP contribution in [0.1, 0.15) is 6.92 Å². The standard InChI is InChI=1S/C11H9N3O4/c1-6-9(12)11(16)13(10(6)15)7-2-4-8(5-3-7)14(17)18/h2-5H,12H2,1H3. The third-order valence-electron chi connectivity index (χ3n) is 2.68. The number of benzene rings is 1. The van der Waals surface area contributed by atoms with E-state index in [0.29, 0.717) is 0 Å². The van der Waals surface area contributed by atoms with Gasteiger partial charge in [-0.2, -0.15) is 0 Å². The Morgan fingerprint density at radius 1 is 1.17 bits per heavy atom. The highest BCUT2D eigenvalue weighted by Gasteiger charge is 2.35. The highest BCUT2D eigenvalue weighted by Crippen LogP contribution is 2.26. The molecule has 0 unspecified atom stereocenters. The van der Waals surface area contributed by atoms with E-state index in [-0.39, 0.29) is 22.6 Å². The molecule has 1 aliphatic heterocycles. The van der Waals surface area contributed by atoms with Gasteiger partial charge in [0.1, 0.15) is 5.70 Å². The predicted octanol–water partition coefficient (Wildman–Crippen LogP) is 0.701. The van der Waals surface area contributed by atoms with Crippen LogP contribution in [0.3, 0.4) is 0 Å². The van der Waals surface area contributed by atoms with Gasteiger partial charge in [0, 0.05) is 17.7 Å². The Kier molecular flexibility index (Phi) is 2.59. The fourth-order valence-electron chi connectivity index (χ4n) is 1.61. The lowest BCUT2D eigenvalue weighted by Gasteiger charge is -2.13. The molecule has 0 aromatic heterocycles. The van der Waals surface area contributed by atoms with Crippen molar-refractivity contribution >= 4 is 23.2 Å². The second-order valence-corrected chi connectivity index (χ2v) is 3.76. The summed E-state index contributed by atoms with van der Waals surface area (Å²) in [5, 5.41) is 10.5. The molecule has 1 aromatic rings. The maximum absolute atomic E-state index is 11.8. The van der Waals surface area contributed by atoms with Crippen molar-refractivity contribution < 1.29 is 14.5 Å². The van der Waals surface area contributed by atoms with Crippen molar-refractivity contribution in [3.8, 4) is 0 Å². The Balaban J connectivity index is 2.37. The van der Waals surface area contributed by atoms with Gasteiger partial charge in [0.15, 0.2) is 0 Å². The van der Waals surface area contributed by atoms with Gasteiger partial charge in [-0.05, 0) is 19.1 Å². The first-order valence-corrected chi connectivity index (χ1v) is 5.03. The molecule has 2 rings (SSSR count). The van der Waals surface area contributed by atoms with E-state index in [1.807, 2.05) is 0 Å². The first kappa shape index (κ1) is 11.8. The Morgan fingerprint density at radius 3 is 2.11 bits per heavy atom. The molecule has 92 valence electrons. The number of nitrogens with two attached hydrogens (primary N) is 1. The lowest BCUT2D eigenvalue weighted by atomic mass is 10.2. The van der Waals surface area contributed by atoms with Crippen LogP contribution in [0.4, 0.5) is 11.4 Å². The van der Waals surface area contributed by atoms with E-state index in [1.165, 1.54) is 31.2 Å². The molecule has 0 bridgehead atoms. The minimum atomic E-state index is -0.605. The zero-order valence-electron chi connectivity index (χ0n) is 9.41. The van der Waals surface area contributed by atoms with Crippen LogP contribution in [0, 0.1) is 10.1 Å². The summed E-state index contributed by atoms with van der Waals surface area (Å²) in [6.45, 7) is 1.46. The van der Waals surface area contributed by atoms with Gasteiger partial charge in [-0.3, -0.25) is 19.7 Å². The van der Waals surface area contributed by atoms with E-state index < -0.39 is 16.7 Å². The van der Waals surface area contributed by atoms with Crippen LogP contribution in [-0.2, 0) is 9.59 Å². The lowest BCUT2D eigenvalue weighted by Crippen LogP contribution is -2.32. The number of hydrogen-bond acceptors (Lipinski definition) is 5. The number of anilines is 1. The van der Waals surface area contributed by atoms with E-state index in [1.54, 1.807) is 0 Å². The number of carbonyl (C=O) groups is 2. The van der Waals surface area contributed by atoms with Gasteiger partial charge in [0.25, 0.3) is 17.5 Å². The molecule has 0 aliphatic carbocycles. The second-order valence-electron chi connectivity index (χ2n) is 3.76. The Bertz CT molecular complexity index is 565. The Morgan fingerprint density at radius 2 is 1.72 bits per heavy atom. The molecule has 7 heteroatoms. The van der Waals surface area contributed by atoms with Crippen LogP contribution in [0.5, 0.6) is 0 Å². The molecule has 1 heterocycles. The number of nitro groups is 1. The van der Waals surface area contributed by atoms with E-state index in [0.717, 1.165) is 4.90 Å². The van der Waals surface area contributed by atoms with Crippen molar-refractivity contribution in [1.82, 2.24) is 0 Å². The van der Waals surface area contributed by atoms with Crippen molar-refractivity contribution in [3.63, 3.8) is 0 Å². The van der Waals surface area contributed by atoms with E-state index in [2.05, 4.69) is 0 Å². The number of carbonyl (C=O) groups excluding carboxylic acids is 2. The second kappa shape index (κ2) is 3.95. The maximum atomic E-state index is 11.8. The van der Waals surface area contributed by atoms with E-state index in [9.17, 15) is 19.7 Å². The minimum absolute atomic E-state index is 0.0987. The summed E-state index contributed by atoms with van der Waals surface area (Å²) >= 11 is 0. The Labute approximate surface area is 102 Å². The van der Waals surface area contributed by atoms with Crippen molar-refractivity contribution in [2.24, 2.45) is 5.73 Å². The molecule has 0 saturated heterocycles. The molecular weight excluding hydrogens is 238 g/mol. The third-order valence-corrected chi connectivity index (χ3v) is 2.68. The Hall–Kier alpha value is -2.70. The van der Waals surface area contributed by atoms with Gasteiger partial charge in [-0.1, -0.05) is 0 Å². The quantitative estimate of drug-likeness (QED) is 0.470. The number of non-ortho nitro benzene ring substituents is 1. The summed E-state index contributed by atoms with van der Waals surface area (Å²) in [5.74, 6) is -1.11. The van der Waals surface area contributed by atoms with Gasteiger partial charge in [-0.15, -0.1) is 0 Å². The van der Waals surface area contributed by atoms with Crippen molar-refractivity contribution in [3.05, 3.63) is 45.6 Å². The summed E-state index contributed by atoms with van der Waals surface area (Å²) < 4.78 is 0.